The molecule has 1 aliphatic rings. The van der Waals surface area contributed by atoms with Gasteiger partial charge in [-0.15, -0.1) is 11.3 Å². The Balaban J connectivity index is 1.79. The highest BCUT2D eigenvalue weighted by atomic mass is 32.1. The van der Waals surface area contributed by atoms with E-state index in [9.17, 15) is 4.79 Å². The molecule has 6 heteroatoms. The highest BCUT2D eigenvalue weighted by molar-refractivity contribution is 7.13. The van der Waals surface area contributed by atoms with E-state index in [1.165, 1.54) is 0 Å². The molecule has 0 saturated carbocycles. The monoisotopic (exact) mass is 310 g/mol. The molecule has 4 rings (SSSR count). The number of para-hydroxylation sites is 1. The van der Waals surface area contributed by atoms with E-state index >= 15 is 0 Å². The number of benzene rings is 1. The molecular weight excluding hydrogens is 296 g/mol. The Bertz CT molecular complexity index is 824. The average Bonchev–Trinajstić information content (AvgIpc) is 3.21. The lowest BCUT2D eigenvalue weighted by Gasteiger charge is -2.36. The maximum atomic E-state index is 12.4. The van der Waals surface area contributed by atoms with Gasteiger partial charge in [-0.25, -0.2) is 0 Å². The first-order chi connectivity index (χ1) is 10.8. The predicted octanol–water partition coefficient (Wildman–Crippen LogP) is 3.02. The van der Waals surface area contributed by atoms with E-state index in [2.05, 4.69) is 20.4 Å². The van der Waals surface area contributed by atoms with Crippen molar-refractivity contribution in [3.05, 3.63) is 59.1 Å². The highest BCUT2D eigenvalue weighted by Crippen LogP contribution is 2.36. The molecule has 1 aromatic carbocycles. The molecule has 2 N–H and O–H groups in total. The molecule has 2 aromatic heterocycles. The lowest BCUT2D eigenvalue weighted by atomic mass is 10.0. The molecule has 0 saturated heterocycles. The maximum absolute atomic E-state index is 12.4. The topological polar surface area (TPSA) is 61.0 Å². The van der Waals surface area contributed by atoms with E-state index in [1.807, 2.05) is 48.8 Å². The molecule has 22 heavy (non-hydrogen) atoms. The normalized spacial score (nSPS) is 17.2. The second-order valence-electron chi connectivity index (χ2n) is 5.18. The molecule has 5 nitrogen and oxygen atoms in total. The van der Waals surface area contributed by atoms with Crippen LogP contribution in [0.4, 0.5) is 5.69 Å². The number of rotatable bonds is 2. The summed E-state index contributed by atoms with van der Waals surface area (Å²) >= 11 is 1.64. The minimum Gasteiger partial charge on any atom is -0.350 e. The van der Waals surface area contributed by atoms with Crippen LogP contribution in [0, 0.1) is 0 Å². The number of nitrogens with one attached hydrogen (secondary N) is 2. The van der Waals surface area contributed by atoms with Crippen LogP contribution in [0.2, 0.25) is 0 Å². The Morgan fingerprint density at radius 3 is 2.91 bits per heavy atom. The summed E-state index contributed by atoms with van der Waals surface area (Å²) in [5.41, 5.74) is 3.54. The van der Waals surface area contributed by atoms with Crippen LogP contribution in [-0.2, 0) is 0 Å². The molecule has 0 fully saturated rings. The van der Waals surface area contributed by atoms with Crippen molar-refractivity contribution in [1.29, 1.82) is 0 Å². The van der Waals surface area contributed by atoms with Gasteiger partial charge in [0.25, 0.3) is 5.91 Å². The number of aromatic amines is 1. The van der Waals surface area contributed by atoms with E-state index in [4.69, 9.17) is 0 Å². The van der Waals surface area contributed by atoms with E-state index in [-0.39, 0.29) is 12.1 Å². The molecular formula is C16H14N4OS. The first kappa shape index (κ1) is 13.1. The molecule has 0 radical (unpaired) electrons. The standard InChI is InChI=1S/C16H14N4OS/c1-20-12-6-3-2-5-10(12)16(21)18-15(20)11-9-17-19-14(11)13-7-4-8-22-13/h2-9,15H,1H3,(H,17,19)(H,18,21)/t15-/m0/s1. The van der Waals surface area contributed by atoms with Crippen molar-refractivity contribution in [2.45, 2.75) is 6.17 Å². The maximum Gasteiger partial charge on any atom is 0.255 e. The second-order valence-corrected chi connectivity index (χ2v) is 6.13. The summed E-state index contributed by atoms with van der Waals surface area (Å²) in [4.78, 5) is 15.5. The Labute approximate surface area is 131 Å². The van der Waals surface area contributed by atoms with Gasteiger partial charge in [0.05, 0.1) is 28.0 Å². The predicted molar refractivity (Wildman–Crippen MR) is 87.0 cm³/mol. The summed E-state index contributed by atoms with van der Waals surface area (Å²) in [5.74, 6) is -0.0583. The fraction of sp³-hybridized carbons (Fsp3) is 0.125. The molecule has 110 valence electrons. The van der Waals surface area contributed by atoms with E-state index in [0.717, 1.165) is 21.8 Å². The SMILES string of the molecule is CN1c2ccccc2C(=O)N[C@@H]1c1cn[nH]c1-c1cccs1. The van der Waals surface area contributed by atoms with E-state index < -0.39 is 0 Å². The van der Waals surface area contributed by atoms with Gasteiger partial charge in [0, 0.05) is 12.6 Å². The first-order valence-corrected chi connectivity index (χ1v) is 7.83. The second kappa shape index (κ2) is 4.99. The number of nitrogens with zero attached hydrogens (tertiary/aromatic N) is 2. The van der Waals surface area contributed by atoms with E-state index in [1.54, 1.807) is 17.5 Å². The number of amides is 1. The smallest absolute Gasteiger partial charge is 0.255 e. The number of carbonyl (C=O) groups is 1. The van der Waals surface area contributed by atoms with Crippen LogP contribution in [0.5, 0.6) is 0 Å². The Hall–Kier alpha value is -2.60. The van der Waals surface area contributed by atoms with Crippen LogP contribution in [-0.4, -0.2) is 23.2 Å². The molecule has 3 heterocycles. The number of thiophene rings is 1. The fourth-order valence-corrected chi connectivity index (χ4v) is 3.56. The van der Waals surface area contributed by atoms with Gasteiger partial charge in [0.15, 0.2) is 0 Å². The van der Waals surface area contributed by atoms with Crippen molar-refractivity contribution in [2.24, 2.45) is 0 Å². The Morgan fingerprint density at radius 1 is 1.23 bits per heavy atom. The number of hydrogen-bond acceptors (Lipinski definition) is 4. The van der Waals surface area contributed by atoms with Crippen molar-refractivity contribution in [1.82, 2.24) is 15.5 Å². The molecule has 0 unspecified atom stereocenters. The van der Waals surface area contributed by atoms with Crippen LogP contribution < -0.4 is 10.2 Å². The summed E-state index contributed by atoms with van der Waals surface area (Å²) in [6.07, 6.45) is 1.54. The van der Waals surface area contributed by atoms with Gasteiger partial charge >= 0.3 is 0 Å². The van der Waals surface area contributed by atoms with Gasteiger partial charge in [-0.3, -0.25) is 9.89 Å². The minimum absolute atomic E-state index is 0.0583. The third-order valence-corrected chi connectivity index (χ3v) is 4.80. The largest absolute Gasteiger partial charge is 0.350 e. The summed E-state index contributed by atoms with van der Waals surface area (Å²) in [5, 5.41) is 12.3. The number of aromatic nitrogens is 2. The van der Waals surface area contributed by atoms with Crippen molar-refractivity contribution in [3.8, 4) is 10.6 Å². The van der Waals surface area contributed by atoms with Crippen LogP contribution in [0.25, 0.3) is 10.6 Å². The van der Waals surface area contributed by atoms with Crippen molar-refractivity contribution in [2.75, 3.05) is 11.9 Å². The third kappa shape index (κ3) is 1.92. The fourth-order valence-electron chi connectivity index (χ4n) is 2.82. The molecule has 1 amide bonds. The summed E-state index contributed by atoms with van der Waals surface area (Å²) in [7, 11) is 1.98. The summed E-state index contributed by atoms with van der Waals surface area (Å²) < 4.78 is 0. The van der Waals surface area contributed by atoms with E-state index in [0.29, 0.717) is 5.56 Å². The lowest BCUT2D eigenvalue weighted by molar-refractivity contribution is 0.0928. The third-order valence-electron chi connectivity index (χ3n) is 3.91. The quantitative estimate of drug-likeness (QED) is 0.765. The molecule has 3 aromatic rings. The van der Waals surface area contributed by atoms with Gasteiger partial charge in [-0.05, 0) is 23.6 Å². The van der Waals surface area contributed by atoms with Gasteiger partial charge < -0.3 is 10.2 Å². The summed E-state index contributed by atoms with van der Waals surface area (Å²) in [6, 6.07) is 11.7. The zero-order valence-electron chi connectivity index (χ0n) is 11.9. The van der Waals surface area contributed by atoms with Gasteiger partial charge in [0.2, 0.25) is 0 Å². The van der Waals surface area contributed by atoms with Gasteiger partial charge in [0.1, 0.15) is 6.17 Å². The number of carbonyl (C=O) groups excluding carboxylic acids is 1. The zero-order chi connectivity index (χ0) is 15.1. The number of H-pyrrole nitrogens is 1. The first-order valence-electron chi connectivity index (χ1n) is 6.95. The molecule has 0 spiro atoms. The van der Waals surface area contributed by atoms with Crippen molar-refractivity contribution < 1.29 is 4.79 Å². The Kier molecular flexibility index (Phi) is 2.97. The lowest BCUT2D eigenvalue weighted by Crippen LogP contribution is -2.44. The minimum atomic E-state index is -0.238. The van der Waals surface area contributed by atoms with Crippen LogP contribution in [0.3, 0.4) is 0 Å². The number of hydrogen-bond donors (Lipinski definition) is 2. The van der Waals surface area contributed by atoms with Crippen LogP contribution in [0.1, 0.15) is 22.1 Å². The van der Waals surface area contributed by atoms with Gasteiger partial charge in [-0.1, -0.05) is 18.2 Å². The number of anilines is 1. The molecule has 0 aliphatic carbocycles. The Morgan fingerprint density at radius 2 is 2.09 bits per heavy atom. The van der Waals surface area contributed by atoms with Crippen molar-refractivity contribution >= 4 is 22.9 Å². The zero-order valence-corrected chi connectivity index (χ0v) is 12.7. The summed E-state index contributed by atoms with van der Waals surface area (Å²) in [6.45, 7) is 0. The molecule has 1 aliphatic heterocycles. The van der Waals surface area contributed by atoms with Gasteiger partial charge in [-0.2, -0.15) is 5.10 Å². The highest BCUT2D eigenvalue weighted by Gasteiger charge is 2.31. The average molecular weight is 310 g/mol. The molecule has 1 atom stereocenters. The van der Waals surface area contributed by atoms with Crippen LogP contribution in [0.15, 0.2) is 48.0 Å². The number of fused-ring (bicyclic) bond motifs is 1. The van der Waals surface area contributed by atoms with Crippen molar-refractivity contribution in [3.63, 3.8) is 0 Å². The molecule has 0 bridgehead atoms. The van der Waals surface area contributed by atoms with Crippen LogP contribution >= 0.6 is 11.3 Å².